The molecule has 46 heavy (non-hydrogen) atoms. The van der Waals surface area contributed by atoms with Gasteiger partial charge in [0.2, 0.25) is 0 Å². The highest BCUT2D eigenvalue weighted by atomic mass is 32.2. The van der Waals surface area contributed by atoms with E-state index in [2.05, 4.69) is 106 Å². The topological polar surface area (TPSA) is 56.5 Å². The predicted molar refractivity (Wildman–Crippen MR) is 188 cm³/mol. The van der Waals surface area contributed by atoms with Gasteiger partial charge in [-0.25, -0.2) is 9.97 Å². The zero-order chi connectivity index (χ0) is 30.5. The van der Waals surface area contributed by atoms with E-state index < -0.39 is 0 Å². The maximum absolute atomic E-state index is 5.09. The summed E-state index contributed by atoms with van der Waals surface area (Å²) in [6.45, 7) is 0. The third kappa shape index (κ3) is 4.57. The summed E-state index contributed by atoms with van der Waals surface area (Å²) in [4.78, 5) is 19.9. The second-order valence-corrected chi connectivity index (χ2v) is 12.6. The maximum atomic E-state index is 5.09. The van der Waals surface area contributed by atoms with Crippen LogP contribution >= 0.6 is 11.8 Å². The van der Waals surface area contributed by atoms with Crippen molar-refractivity contribution in [3.63, 3.8) is 0 Å². The van der Waals surface area contributed by atoms with Gasteiger partial charge in [0.15, 0.2) is 5.82 Å². The number of nitrogens with zero attached hydrogens (tertiary/aromatic N) is 5. The van der Waals surface area contributed by atoms with Crippen LogP contribution in [0, 0.1) is 0 Å². The zero-order valence-electron chi connectivity index (χ0n) is 24.8. The number of aromatic nitrogens is 5. The Hall–Kier alpha value is -5.59. The fraction of sp³-hybridized carbons (Fsp3) is 0.0500. The minimum absolute atomic E-state index is 0.686. The van der Waals surface area contributed by atoms with Gasteiger partial charge in [-0.15, -0.1) is 11.8 Å². The van der Waals surface area contributed by atoms with E-state index in [1.165, 1.54) is 32.3 Å². The second kappa shape index (κ2) is 11.1. The Kier molecular flexibility index (Phi) is 6.46. The van der Waals surface area contributed by atoms with Gasteiger partial charge in [-0.3, -0.25) is 9.97 Å². The van der Waals surface area contributed by atoms with Gasteiger partial charge in [-0.1, -0.05) is 48.5 Å². The molecule has 8 aromatic rings. The monoisotopic (exact) mass is 609 g/mol. The van der Waals surface area contributed by atoms with Crippen molar-refractivity contribution in [1.29, 1.82) is 0 Å². The average Bonchev–Trinajstić information content (AvgIpc) is 3.75. The van der Waals surface area contributed by atoms with E-state index in [0.717, 1.165) is 57.1 Å². The number of rotatable bonds is 5. The van der Waals surface area contributed by atoms with Gasteiger partial charge in [-0.05, 0) is 89.8 Å². The number of pyridine rings is 2. The molecule has 0 unspecified atom stereocenters. The summed E-state index contributed by atoms with van der Waals surface area (Å²) in [7, 11) is 0. The van der Waals surface area contributed by atoms with Crippen molar-refractivity contribution in [2.24, 2.45) is 0 Å². The molecule has 0 N–H and O–H groups in total. The second-order valence-electron chi connectivity index (χ2n) is 11.5. The van der Waals surface area contributed by atoms with Crippen LogP contribution in [0.3, 0.4) is 0 Å². The molecule has 0 fully saturated rings. The quantitative estimate of drug-likeness (QED) is 0.194. The molecule has 1 aliphatic rings. The summed E-state index contributed by atoms with van der Waals surface area (Å²) in [5.74, 6) is 1.84. The smallest absolute Gasteiger partial charge is 0.160 e. The molecule has 0 atom stereocenters. The minimum Gasteiger partial charge on any atom is -0.309 e. The Bertz CT molecular complexity index is 2370. The summed E-state index contributed by atoms with van der Waals surface area (Å²) in [6, 6.07) is 40.6. The van der Waals surface area contributed by atoms with E-state index in [0.29, 0.717) is 5.82 Å². The first-order valence-corrected chi connectivity index (χ1v) is 16.4. The first-order chi connectivity index (χ1) is 22.8. The lowest BCUT2D eigenvalue weighted by Crippen LogP contribution is -1.97. The number of hydrogen-bond acceptors (Lipinski definition) is 5. The van der Waals surface area contributed by atoms with E-state index in [1.54, 1.807) is 12.4 Å². The molecule has 0 amide bonds. The van der Waals surface area contributed by atoms with E-state index >= 15 is 0 Å². The third-order valence-electron chi connectivity index (χ3n) is 8.77. The molecular weight excluding hydrogens is 583 g/mol. The molecule has 0 radical (unpaired) electrons. The summed E-state index contributed by atoms with van der Waals surface area (Å²) in [5, 5.41) is 2.67. The van der Waals surface area contributed by atoms with Gasteiger partial charge in [0.05, 0.1) is 22.4 Å². The van der Waals surface area contributed by atoms with Crippen molar-refractivity contribution >= 4 is 33.6 Å². The molecule has 0 spiro atoms. The standard InChI is InChI=1S/C40H27N5S/c1-2-4-36-33(3-1)38-37(14-11-30-19-24-46-39(30)38)45(36)32-12-9-31(10-13-32)40-43-34(25-35(44-40)29-17-22-42-23-18-29)28-7-5-26(6-8-28)27-15-20-41-21-16-27/h1-18,20-23,25H,19,24H2. The molecular formula is C40H27N5S. The fourth-order valence-electron chi connectivity index (χ4n) is 6.51. The summed E-state index contributed by atoms with van der Waals surface area (Å²) >= 11 is 1.98. The molecule has 0 saturated heterocycles. The van der Waals surface area contributed by atoms with Gasteiger partial charge in [0.1, 0.15) is 0 Å². The van der Waals surface area contributed by atoms with Crippen molar-refractivity contribution in [3.8, 4) is 50.7 Å². The van der Waals surface area contributed by atoms with E-state index in [-0.39, 0.29) is 0 Å². The van der Waals surface area contributed by atoms with Crippen LogP contribution in [0.1, 0.15) is 5.56 Å². The molecule has 0 bridgehead atoms. The molecule has 0 saturated carbocycles. The van der Waals surface area contributed by atoms with Crippen molar-refractivity contribution in [3.05, 3.63) is 146 Å². The van der Waals surface area contributed by atoms with Crippen molar-refractivity contribution in [1.82, 2.24) is 24.5 Å². The van der Waals surface area contributed by atoms with E-state index in [1.807, 2.05) is 48.4 Å². The number of benzene rings is 4. The zero-order valence-corrected chi connectivity index (χ0v) is 25.7. The highest BCUT2D eigenvalue weighted by Gasteiger charge is 2.21. The van der Waals surface area contributed by atoms with Gasteiger partial charge in [0, 0.05) is 68.6 Å². The van der Waals surface area contributed by atoms with Crippen molar-refractivity contribution < 1.29 is 0 Å². The summed E-state index contributed by atoms with van der Waals surface area (Å²) < 4.78 is 2.39. The number of aryl methyl sites for hydroxylation is 1. The Balaban J connectivity index is 1.14. The number of para-hydroxylation sites is 1. The van der Waals surface area contributed by atoms with Crippen molar-refractivity contribution in [2.45, 2.75) is 11.3 Å². The highest BCUT2D eigenvalue weighted by molar-refractivity contribution is 7.99. The lowest BCUT2D eigenvalue weighted by Gasteiger charge is -2.12. The van der Waals surface area contributed by atoms with E-state index in [9.17, 15) is 0 Å². The molecule has 4 aromatic carbocycles. The normalized spacial score (nSPS) is 12.5. The molecule has 4 aromatic heterocycles. The van der Waals surface area contributed by atoms with Crippen LogP contribution in [0.5, 0.6) is 0 Å². The SMILES string of the molecule is c1ccc2c(c1)c1c3c(ccc1n2-c1ccc(-c2nc(-c4ccncc4)cc(-c4ccc(-c5ccncc5)cc4)n2)cc1)CCS3. The molecule has 1 aliphatic heterocycles. The van der Waals surface area contributed by atoms with Gasteiger partial charge >= 0.3 is 0 Å². The Labute approximate surface area is 270 Å². The Morgan fingerprint density at radius 2 is 1.15 bits per heavy atom. The van der Waals surface area contributed by atoms with Gasteiger partial charge in [-0.2, -0.15) is 0 Å². The van der Waals surface area contributed by atoms with Crippen LogP contribution < -0.4 is 0 Å². The number of fused-ring (bicyclic) bond motifs is 5. The van der Waals surface area contributed by atoms with Crippen LogP contribution in [-0.4, -0.2) is 30.3 Å². The number of thioether (sulfide) groups is 1. The van der Waals surface area contributed by atoms with Crippen molar-refractivity contribution in [2.75, 3.05) is 5.75 Å². The summed E-state index contributed by atoms with van der Waals surface area (Å²) in [5.41, 5.74) is 12.0. The molecule has 6 heteroatoms. The molecule has 5 heterocycles. The van der Waals surface area contributed by atoms with Gasteiger partial charge < -0.3 is 4.57 Å². The van der Waals surface area contributed by atoms with Crippen LogP contribution in [-0.2, 0) is 6.42 Å². The molecule has 0 aliphatic carbocycles. The first kappa shape index (κ1) is 26.8. The number of hydrogen-bond donors (Lipinski definition) is 0. The molecule has 9 rings (SSSR count). The third-order valence-corrected chi connectivity index (χ3v) is 9.93. The lowest BCUT2D eigenvalue weighted by molar-refractivity contribution is 1.14. The van der Waals surface area contributed by atoms with Crippen LogP contribution in [0.25, 0.3) is 72.5 Å². The molecule has 5 nitrogen and oxygen atoms in total. The maximum Gasteiger partial charge on any atom is 0.160 e. The first-order valence-electron chi connectivity index (χ1n) is 15.4. The minimum atomic E-state index is 0.686. The average molecular weight is 610 g/mol. The largest absolute Gasteiger partial charge is 0.309 e. The van der Waals surface area contributed by atoms with Gasteiger partial charge in [0.25, 0.3) is 0 Å². The lowest BCUT2D eigenvalue weighted by atomic mass is 10.0. The highest BCUT2D eigenvalue weighted by Crippen LogP contribution is 2.43. The fourth-order valence-corrected chi connectivity index (χ4v) is 7.75. The van der Waals surface area contributed by atoms with Crippen LogP contribution in [0.15, 0.2) is 145 Å². The Morgan fingerprint density at radius 1 is 0.543 bits per heavy atom. The van der Waals surface area contributed by atoms with Crippen LogP contribution in [0.2, 0.25) is 0 Å². The van der Waals surface area contributed by atoms with Crippen LogP contribution in [0.4, 0.5) is 0 Å². The Morgan fingerprint density at radius 3 is 1.89 bits per heavy atom. The molecule has 218 valence electrons. The summed E-state index contributed by atoms with van der Waals surface area (Å²) in [6.07, 6.45) is 8.37. The van der Waals surface area contributed by atoms with E-state index in [4.69, 9.17) is 9.97 Å². The predicted octanol–water partition coefficient (Wildman–Crippen LogP) is 9.68.